The molecule has 1 rings (SSSR count). The van der Waals surface area contributed by atoms with Crippen LogP contribution in [0, 0.1) is 6.92 Å². The van der Waals surface area contributed by atoms with Gasteiger partial charge in [0.25, 0.3) is 0 Å². The average molecular weight is 204 g/mol. The lowest BCUT2D eigenvalue weighted by molar-refractivity contribution is 0.807. The molecule has 0 heteroatoms. The van der Waals surface area contributed by atoms with Crippen LogP contribution in [0.4, 0.5) is 0 Å². The van der Waals surface area contributed by atoms with Gasteiger partial charge in [0.1, 0.15) is 0 Å². The number of hydrogen-bond acceptors (Lipinski definition) is 0. The molecule has 0 aliphatic carbocycles. The molecule has 0 amide bonds. The molecule has 1 atom stereocenters. The fraction of sp³-hybridized carbons (Fsp3) is 0.467. The fourth-order valence-corrected chi connectivity index (χ4v) is 1.35. The van der Waals surface area contributed by atoms with Crippen molar-refractivity contribution in [1.82, 2.24) is 0 Å². The zero-order valence-corrected chi connectivity index (χ0v) is 10.6. The van der Waals surface area contributed by atoms with Gasteiger partial charge in [-0.05, 0) is 18.9 Å². The summed E-state index contributed by atoms with van der Waals surface area (Å²) in [6.45, 7) is 12.4. The highest BCUT2D eigenvalue weighted by molar-refractivity contribution is 5.26. The van der Waals surface area contributed by atoms with Gasteiger partial charge in [-0.3, -0.25) is 0 Å². The monoisotopic (exact) mass is 204 g/mol. The Bertz CT molecular complexity index is 256. The maximum atomic E-state index is 3.83. The van der Waals surface area contributed by atoms with Crippen molar-refractivity contribution >= 4 is 0 Å². The van der Waals surface area contributed by atoms with Gasteiger partial charge < -0.3 is 0 Å². The van der Waals surface area contributed by atoms with E-state index in [1.54, 1.807) is 0 Å². The minimum Gasteiger partial charge on any atom is -0.102 e. The summed E-state index contributed by atoms with van der Waals surface area (Å²) in [7, 11) is 0. The quantitative estimate of drug-likeness (QED) is 0.601. The number of hydrogen-bond donors (Lipinski definition) is 0. The molecule has 1 aromatic carbocycles. The highest BCUT2D eigenvalue weighted by Crippen LogP contribution is 2.20. The summed E-state index contributed by atoms with van der Waals surface area (Å²) in [5, 5.41) is 0. The van der Waals surface area contributed by atoms with Crippen LogP contribution in [0.15, 0.2) is 36.9 Å². The van der Waals surface area contributed by atoms with Crippen molar-refractivity contribution < 1.29 is 0 Å². The predicted octanol–water partition coefficient (Wildman–Crippen LogP) is 5.09. The van der Waals surface area contributed by atoms with Crippen LogP contribution in [0.2, 0.25) is 0 Å². The molecule has 0 saturated carbocycles. The van der Waals surface area contributed by atoms with E-state index in [1.807, 2.05) is 6.08 Å². The Labute approximate surface area is 95.0 Å². The van der Waals surface area contributed by atoms with Crippen molar-refractivity contribution in [2.75, 3.05) is 0 Å². The van der Waals surface area contributed by atoms with Crippen molar-refractivity contribution in [3.05, 3.63) is 48.0 Å². The van der Waals surface area contributed by atoms with E-state index in [0.717, 1.165) is 6.42 Å². The van der Waals surface area contributed by atoms with Gasteiger partial charge in [0.05, 0.1) is 0 Å². The van der Waals surface area contributed by atoms with Crippen molar-refractivity contribution in [1.29, 1.82) is 0 Å². The first-order valence-electron chi connectivity index (χ1n) is 5.88. The van der Waals surface area contributed by atoms with E-state index in [4.69, 9.17) is 0 Å². The van der Waals surface area contributed by atoms with E-state index >= 15 is 0 Å². The molecule has 0 radical (unpaired) electrons. The molecule has 1 unspecified atom stereocenters. The third-order valence-electron chi connectivity index (χ3n) is 2.23. The molecule has 0 spiro atoms. The first-order chi connectivity index (χ1) is 7.19. The highest BCUT2D eigenvalue weighted by Gasteiger charge is 2.02. The summed E-state index contributed by atoms with van der Waals surface area (Å²) in [5.74, 6) is 0.519. The largest absolute Gasteiger partial charge is 0.102 e. The van der Waals surface area contributed by atoms with Gasteiger partial charge in [-0.25, -0.2) is 0 Å². The molecule has 15 heavy (non-hydrogen) atoms. The first-order valence-corrected chi connectivity index (χ1v) is 5.88. The molecule has 84 valence electrons. The van der Waals surface area contributed by atoms with Gasteiger partial charge in [-0.1, -0.05) is 63.1 Å². The minimum atomic E-state index is 0.519. The average Bonchev–Trinajstić information content (AvgIpc) is 2.24. The molecule has 0 heterocycles. The molecule has 0 aliphatic heterocycles. The molecule has 0 aliphatic rings. The Balaban J connectivity index is 0.000000583. The second kappa shape index (κ2) is 8.28. The van der Waals surface area contributed by atoms with Crippen molar-refractivity contribution in [2.24, 2.45) is 0 Å². The molecule has 0 aromatic heterocycles. The number of aryl methyl sites for hydroxylation is 1. The van der Waals surface area contributed by atoms with Gasteiger partial charge in [0, 0.05) is 5.92 Å². The highest BCUT2D eigenvalue weighted by atomic mass is 14.1. The van der Waals surface area contributed by atoms with Crippen LogP contribution in [0.3, 0.4) is 0 Å². The molecular formula is C15H24. The maximum Gasteiger partial charge on any atom is 0.00126 e. The topological polar surface area (TPSA) is 0 Å². The molecule has 0 fully saturated rings. The minimum absolute atomic E-state index is 0.519. The summed E-state index contributed by atoms with van der Waals surface area (Å²) >= 11 is 0. The molecule has 0 bridgehead atoms. The predicted molar refractivity (Wildman–Crippen MR) is 70.4 cm³/mol. The van der Waals surface area contributed by atoms with Crippen LogP contribution in [0.5, 0.6) is 0 Å². The summed E-state index contributed by atoms with van der Waals surface area (Å²) in [4.78, 5) is 0. The van der Waals surface area contributed by atoms with Crippen LogP contribution in [0.25, 0.3) is 0 Å². The molecular weight excluding hydrogens is 180 g/mol. The lowest BCUT2D eigenvalue weighted by Crippen LogP contribution is -1.91. The van der Waals surface area contributed by atoms with Crippen molar-refractivity contribution in [3.8, 4) is 0 Å². The summed E-state index contributed by atoms with van der Waals surface area (Å²) in [6, 6.07) is 8.68. The summed E-state index contributed by atoms with van der Waals surface area (Å²) in [6.07, 6.45) is 4.40. The molecule has 0 N–H and O–H groups in total. The number of rotatable bonds is 3. The Hall–Kier alpha value is -1.04. The maximum absolute atomic E-state index is 3.83. The van der Waals surface area contributed by atoms with E-state index in [0.29, 0.717) is 5.92 Å². The molecule has 1 aromatic rings. The van der Waals surface area contributed by atoms with Crippen LogP contribution >= 0.6 is 0 Å². The van der Waals surface area contributed by atoms with Crippen LogP contribution in [-0.4, -0.2) is 0 Å². The smallest absolute Gasteiger partial charge is 0.00126 e. The van der Waals surface area contributed by atoms with Crippen molar-refractivity contribution in [3.63, 3.8) is 0 Å². The normalized spacial score (nSPS) is 11.2. The fourth-order valence-electron chi connectivity index (χ4n) is 1.35. The number of allylic oxidation sites excluding steroid dienone is 1. The van der Waals surface area contributed by atoms with E-state index in [9.17, 15) is 0 Å². The Kier molecular flexibility index (Phi) is 7.71. The Morgan fingerprint density at radius 2 is 1.60 bits per heavy atom. The van der Waals surface area contributed by atoms with E-state index < -0.39 is 0 Å². The second-order valence-corrected chi connectivity index (χ2v) is 3.87. The SMILES string of the molecule is C=CC(CC)c1ccc(C)cc1.CCC. The van der Waals surface area contributed by atoms with Gasteiger partial charge in [-0.2, -0.15) is 0 Å². The van der Waals surface area contributed by atoms with Crippen LogP contribution < -0.4 is 0 Å². The third-order valence-corrected chi connectivity index (χ3v) is 2.23. The van der Waals surface area contributed by atoms with E-state index in [2.05, 4.69) is 58.5 Å². The van der Waals surface area contributed by atoms with Crippen LogP contribution in [0.1, 0.15) is 50.7 Å². The standard InChI is InChI=1S/C12H16.C3H8/c1-4-11(5-2)12-8-6-10(3)7-9-12;1-3-2/h4,6-9,11H,1,5H2,2-3H3;3H2,1-2H3. The molecule has 0 saturated heterocycles. The van der Waals surface area contributed by atoms with E-state index in [1.165, 1.54) is 17.5 Å². The first kappa shape index (κ1) is 14.0. The van der Waals surface area contributed by atoms with Gasteiger partial charge in [0.2, 0.25) is 0 Å². The second-order valence-electron chi connectivity index (χ2n) is 3.87. The Morgan fingerprint density at radius 1 is 1.13 bits per heavy atom. The summed E-state index contributed by atoms with van der Waals surface area (Å²) in [5.41, 5.74) is 2.69. The van der Waals surface area contributed by atoms with Gasteiger partial charge in [0.15, 0.2) is 0 Å². The lowest BCUT2D eigenvalue weighted by Gasteiger charge is -2.09. The van der Waals surface area contributed by atoms with Gasteiger partial charge in [-0.15, -0.1) is 6.58 Å². The lowest BCUT2D eigenvalue weighted by atomic mass is 9.96. The summed E-state index contributed by atoms with van der Waals surface area (Å²) < 4.78 is 0. The zero-order chi connectivity index (χ0) is 11.7. The van der Waals surface area contributed by atoms with E-state index in [-0.39, 0.29) is 0 Å². The zero-order valence-electron chi connectivity index (χ0n) is 10.6. The Morgan fingerprint density at radius 3 is 1.93 bits per heavy atom. The number of benzene rings is 1. The van der Waals surface area contributed by atoms with Crippen LogP contribution in [-0.2, 0) is 0 Å². The molecule has 0 nitrogen and oxygen atoms in total. The van der Waals surface area contributed by atoms with Crippen molar-refractivity contribution in [2.45, 2.75) is 46.5 Å². The third kappa shape index (κ3) is 5.41. The van der Waals surface area contributed by atoms with Gasteiger partial charge >= 0.3 is 0 Å².